The Morgan fingerprint density at radius 2 is 2.20 bits per heavy atom. The van der Waals surface area contributed by atoms with Gasteiger partial charge >= 0.3 is 0 Å². The standard InChI is InChI=1S/C17H21N7O/c1-11(22-13-3-5-20-6-4-13)17(23-19)12-7-15-21-10-14(9-18)24(15)16(8-12)25-2/h7-8,10,13,20H,3-6,19H2,1-2H3/b22-11?,23-17+. The minimum Gasteiger partial charge on any atom is -0.482 e. The van der Waals surface area contributed by atoms with Crippen molar-refractivity contribution in [3.63, 3.8) is 0 Å². The molecule has 0 atom stereocenters. The van der Waals surface area contributed by atoms with E-state index in [1.54, 1.807) is 17.6 Å². The van der Waals surface area contributed by atoms with Crippen LogP contribution in [0.25, 0.3) is 5.65 Å². The first kappa shape index (κ1) is 16.9. The quantitative estimate of drug-likeness (QED) is 0.492. The molecule has 1 saturated heterocycles. The van der Waals surface area contributed by atoms with Crippen molar-refractivity contribution in [3.8, 4) is 11.9 Å². The number of piperidine rings is 1. The zero-order valence-electron chi connectivity index (χ0n) is 14.4. The van der Waals surface area contributed by atoms with E-state index >= 15 is 0 Å². The van der Waals surface area contributed by atoms with E-state index in [9.17, 15) is 5.26 Å². The van der Waals surface area contributed by atoms with Gasteiger partial charge in [-0.1, -0.05) is 0 Å². The topological polar surface area (TPSA) is 113 Å². The number of hydrogen-bond donors (Lipinski definition) is 2. The van der Waals surface area contributed by atoms with Crippen LogP contribution in [0.4, 0.5) is 0 Å². The summed E-state index contributed by atoms with van der Waals surface area (Å²) in [6.45, 7) is 3.86. The number of methoxy groups -OCH3 is 1. The van der Waals surface area contributed by atoms with Gasteiger partial charge < -0.3 is 15.9 Å². The second-order valence-electron chi connectivity index (χ2n) is 5.91. The van der Waals surface area contributed by atoms with E-state index in [4.69, 9.17) is 15.6 Å². The highest BCUT2D eigenvalue weighted by Crippen LogP contribution is 2.21. The number of imidazole rings is 1. The number of hydrogen-bond acceptors (Lipinski definition) is 7. The maximum atomic E-state index is 9.21. The molecule has 1 aliphatic heterocycles. The van der Waals surface area contributed by atoms with Gasteiger partial charge in [0.2, 0.25) is 5.88 Å². The SMILES string of the molecule is COc1cc(/C(=N/N)C(C)=NC2CCNCC2)cc2ncc(C#N)n12. The summed E-state index contributed by atoms with van der Waals surface area (Å²) in [5.74, 6) is 6.15. The maximum Gasteiger partial charge on any atom is 0.200 e. The predicted octanol–water partition coefficient (Wildman–Crippen LogP) is 1.09. The molecule has 2 aromatic rings. The number of ether oxygens (including phenoxy) is 1. The highest BCUT2D eigenvalue weighted by molar-refractivity contribution is 6.47. The molecule has 3 N–H and O–H groups in total. The van der Waals surface area contributed by atoms with E-state index < -0.39 is 0 Å². The molecule has 0 spiro atoms. The summed E-state index contributed by atoms with van der Waals surface area (Å²) in [6.07, 6.45) is 3.52. The Balaban J connectivity index is 2.01. The number of aliphatic imine (C=N–C) groups is 1. The zero-order chi connectivity index (χ0) is 17.8. The minimum absolute atomic E-state index is 0.278. The Hall–Kier alpha value is -2.92. The molecule has 130 valence electrons. The van der Waals surface area contributed by atoms with Gasteiger partial charge in [0.25, 0.3) is 0 Å². The van der Waals surface area contributed by atoms with Crippen LogP contribution in [0.1, 0.15) is 31.0 Å². The first-order valence-corrected chi connectivity index (χ1v) is 8.17. The Morgan fingerprint density at radius 1 is 1.44 bits per heavy atom. The second-order valence-corrected chi connectivity index (χ2v) is 5.91. The number of hydrazone groups is 1. The average Bonchev–Trinajstić information content (AvgIpc) is 3.05. The fraction of sp³-hybridized carbons (Fsp3) is 0.412. The summed E-state index contributed by atoms with van der Waals surface area (Å²) < 4.78 is 7.07. The fourth-order valence-electron chi connectivity index (χ4n) is 3.09. The lowest BCUT2D eigenvalue weighted by molar-refractivity contribution is 0.392. The van der Waals surface area contributed by atoms with E-state index in [0.717, 1.165) is 37.2 Å². The van der Waals surface area contributed by atoms with Gasteiger partial charge in [0.1, 0.15) is 23.1 Å². The van der Waals surface area contributed by atoms with Gasteiger partial charge in [-0.15, -0.1) is 0 Å². The predicted molar refractivity (Wildman–Crippen MR) is 96.2 cm³/mol. The van der Waals surface area contributed by atoms with Crippen LogP contribution in [0.3, 0.4) is 0 Å². The van der Waals surface area contributed by atoms with Crippen LogP contribution in [0.5, 0.6) is 5.88 Å². The summed E-state index contributed by atoms with van der Waals surface area (Å²) in [5.41, 5.74) is 3.15. The molecule has 0 unspecified atom stereocenters. The van der Waals surface area contributed by atoms with Gasteiger partial charge in [-0.25, -0.2) is 4.98 Å². The molecule has 1 aliphatic rings. The number of nitriles is 1. The Bertz CT molecular complexity index is 869. The Labute approximate surface area is 146 Å². The number of pyridine rings is 1. The van der Waals surface area contributed by atoms with E-state index in [1.165, 1.54) is 6.20 Å². The molecule has 0 bridgehead atoms. The van der Waals surface area contributed by atoms with Crippen molar-refractivity contribution in [1.29, 1.82) is 5.26 Å². The molecule has 8 nitrogen and oxygen atoms in total. The third-order valence-electron chi connectivity index (χ3n) is 4.33. The normalized spacial score (nSPS) is 16.8. The maximum absolute atomic E-state index is 9.21. The summed E-state index contributed by atoms with van der Waals surface area (Å²) in [7, 11) is 1.55. The molecule has 0 aromatic carbocycles. The van der Waals surface area contributed by atoms with E-state index in [2.05, 4.69) is 21.5 Å². The van der Waals surface area contributed by atoms with Crippen LogP contribution in [-0.2, 0) is 0 Å². The zero-order valence-corrected chi connectivity index (χ0v) is 14.4. The first-order chi connectivity index (χ1) is 12.2. The van der Waals surface area contributed by atoms with Crippen molar-refractivity contribution in [2.45, 2.75) is 25.8 Å². The number of nitrogens with two attached hydrogens (primary N) is 1. The molecule has 1 fully saturated rings. The van der Waals surface area contributed by atoms with Crippen LogP contribution in [0.15, 0.2) is 28.4 Å². The number of aromatic nitrogens is 2. The fourth-order valence-corrected chi connectivity index (χ4v) is 3.09. The van der Waals surface area contributed by atoms with Crippen molar-refractivity contribution >= 4 is 17.1 Å². The molecule has 3 heterocycles. The molecule has 8 heteroatoms. The van der Waals surface area contributed by atoms with Crippen LogP contribution in [-0.4, -0.2) is 47.0 Å². The van der Waals surface area contributed by atoms with Crippen molar-refractivity contribution < 1.29 is 4.74 Å². The largest absolute Gasteiger partial charge is 0.482 e. The van der Waals surface area contributed by atoms with E-state index in [-0.39, 0.29) is 6.04 Å². The summed E-state index contributed by atoms with van der Waals surface area (Å²) in [5, 5.41) is 16.5. The highest BCUT2D eigenvalue weighted by Gasteiger charge is 2.17. The number of rotatable bonds is 4. The minimum atomic E-state index is 0.278. The van der Waals surface area contributed by atoms with E-state index in [1.807, 2.05) is 13.0 Å². The first-order valence-electron chi connectivity index (χ1n) is 8.17. The Morgan fingerprint density at radius 3 is 2.84 bits per heavy atom. The lowest BCUT2D eigenvalue weighted by atomic mass is 10.0. The number of nitrogens with zero attached hydrogens (tertiary/aromatic N) is 5. The summed E-state index contributed by atoms with van der Waals surface area (Å²) >= 11 is 0. The Kier molecular flexibility index (Phi) is 4.95. The smallest absolute Gasteiger partial charge is 0.200 e. The van der Waals surface area contributed by atoms with Crippen molar-refractivity contribution in [3.05, 3.63) is 29.6 Å². The monoisotopic (exact) mass is 339 g/mol. The third-order valence-corrected chi connectivity index (χ3v) is 4.33. The highest BCUT2D eigenvalue weighted by atomic mass is 16.5. The molecule has 25 heavy (non-hydrogen) atoms. The van der Waals surface area contributed by atoms with Crippen LogP contribution < -0.4 is 15.9 Å². The summed E-state index contributed by atoms with van der Waals surface area (Å²) in [4.78, 5) is 9.05. The van der Waals surface area contributed by atoms with Crippen LogP contribution >= 0.6 is 0 Å². The van der Waals surface area contributed by atoms with Gasteiger partial charge in [0, 0.05) is 11.6 Å². The van der Waals surface area contributed by atoms with Crippen molar-refractivity contribution in [2.24, 2.45) is 15.9 Å². The molecular weight excluding hydrogens is 318 g/mol. The molecule has 3 rings (SSSR count). The molecule has 0 saturated carbocycles. The average molecular weight is 339 g/mol. The van der Waals surface area contributed by atoms with Gasteiger partial charge in [0.15, 0.2) is 0 Å². The van der Waals surface area contributed by atoms with Crippen LogP contribution in [0, 0.1) is 11.3 Å². The van der Waals surface area contributed by atoms with Crippen molar-refractivity contribution in [2.75, 3.05) is 20.2 Å². The lowest BCUT2D eigenvalue weighted by Crippen LogP contribution is -2.31. The molecule has 0 aliphatic carbocycles. The van der Waals surface area contributed by atoms with Gasteiger partial charge in [0.05, 0.1) is 25.1 Å². The lowest BCUT2D eigenvalue weighted by Gasteiger charge is -2.20. The van der Waals surface area contributed by atoms with Gasteiger partial charge in [-0.05, 0) is 38.9 Å². The van der Waals surface area contributed by atoms with E-state index in [0.29, 0.717) is 22.9 Å². The molecule has 0 amide bonds. The van der Waals surface area contributed by atoms with Crippen LogP contribution in [0.2, 0.25) is 0 Å². The second kappa shape index (κ2) is 7.32. The third kappa shape index (κ3) is 3.32. The number of fused-ring (bicyclic) bond motifs is 1. The molecular formula is C17H21N7O. The summed E-state index contributed by atoms with van der Waals surface area (Å²) in [6, 6.07) is 6.00. The van der Waals surface area contributed by atoms with Gasteiger partial charge in [-0.3, -0.25) is 9.39 Å². The van der Waals surface area contributed by atoms with Crippen molar-refractivity contribution in [1.82, 2.24) is 14.7 Å². The van der Waals surface area contributed by atoms with Gasteiger partial charge in [-0.2, -0.15) is 10.4 Å². The molecule has 2 aromatic heterocycles. The molecule has 0 radical (unpaired) electrons. The number of nitrogens with one attached hydrogen (secondary N) is 1.